The van der Waals surface area contributed by atoms with Crippen LogP contribution in [0.15, 0.2) is 269 Å². The molecule has 8 N–H and O–H groups in total. The van der Waals surface area contributed by atoms with Crippen LogP contribution in [0.3, 0.4) is 0 Å². The highest BCUT2D eigenvalue weighted by Crippen LogP contribution is 2.36. The average molecular weight is 2040 g/mol. The van der Waals surface area contributed by atoms with Gasteiger partial charge < -0.3 is 95.4 Å². The Balaban J connectivity index is 0.000000125. The van der Waals surface area contributed by atoms with Gasteiger partial charge in [-0.1, -0.05) is 115 Å². The highest BCUT2D eigenvalue weighted by atomic mass is 31.2. The smallest absolute Gasteiger partial charge is 0.232 e. The number of hydrogen-bond donors (Lipinski definition) is 8. The van der Waals surface area contributed by atoms with Crippen LogP contribution in [0.2, 0.25) is 0 Å². The van der Waals surface area contributed by atoms with Gasteiger partial charge >= 0.3 is 0 Å². The number of piperazine rings is 4. The van der Waals surface area contributed by atoms with Crippen LogP contribution < -0.4 is 81.1 Å². The number of nitrogens with one attached hydrogen (secondary N) is 6. The van der Waals surface area contributed by atoms with Crippen LogP contribution >= 0.6 is 7.14 Å². The Kier molecular flexibility index (Phi) is 34.2. The molecule has 3 atom stereocenters. The molecule has 0 unspecified atom stereocenters. The van der Waals surface area contributed by atoms with Gasteiger partial charge in [0.25, 0.3) is 0 Å². The maximum absolute atomic E-state index is 13.9. The van der Waals surface area contributed by atoms with Gasteiger partial charge in [0, 0.05) is 221 Å². The van der Waals surface area contributed by atoms with E-state index in [-0.39, 0.29) is 31.1 Å². The number of fused-ring (bicyclic) bond motifs is 1. The van der Waals surface area contributed by atoms with E-state index >= 15 is 0 Å². The lowest BCUT2D eigenvalue weighted by atomic mass is 10.0. The molecule has 15 heterocycles. The van der Waals surface area contributed by atoms with Gasteiger partial charge in [0.2, 0.25) is 71.4 Å². The maximum atomic E-state index is 13.9. The van der Waals surface area contributed by atoms with E-state index in [4.69, 9.17) is 14.6 Å². The second-order valence-electron chi connectivity index (χ2n) is 37.3. The summed E-state index contributed by atoms with van der Waals surface area (Å²) in [5.74, 6) is 7.78. The van der Waals surface area contributed by atoms with Gasteiger partial charge in [-0.05, 0) is 156 Å². The minimum Gasteiger partial charge on any atom is -0.491 e. The molecule has 0 aliphatic carbocycles. The largest absolute Gasteiger partial charge is 0.491 e. The van der Waals surface area contributed by atoms with Gasteiger partial charge in [-0.25, -0.2) is 84.1 Å². The van der Waals surface area contributed by atoms with Gasteiger partial charge in [-0.2, -0.15) is 25.0 Å². The van der Waals surface area contributed by atoms with E-state index < -0.39 is 13.2 Å². The highest BCUT2D eigenvalue weighted by molar-refractivity contribution is 7.70. The lowest BCUT2D eigenvalue weighted by molar-refractivity contribution is 0.0536. The van der Waals surface area contributed by atoms with E-state index in [9.17, 15) is 14.1 Å². The molecule has 770 valence electrons. The summed E-state index contributed by atoms with van der Waals surface area (Å²) in [6, 6.07) is 59.4. The molecule has 150 heavy (non-hydrogen) atoms. The summed E-state index contributed by atoms with van der Waals surface area (Å²) in [6.07, 6.45) is 28.0. The predicted octanol–water partition coefficient (Wildman–Crippen LogP) is 10.6. The third-order valence-electron chi connectivity index (χ3n) is 26.0. The molecule has 0 spiro atoms. The predicted molar refractivity (Wildman–Crippen MR) is 577 cm³/mol. The number of halogens is 1. The topological polar surface area (TPSA) is 450 Å². The quantitative estimate of drug-likeness (QED) is 0.0187. The van der Waals surface area contributed by atoms with Crippen molar-refractivity contribution < 1.29 is 28.6 Å². The Morgan fingerprint density at radius 3 is 1.27 bits per heavy atom. The van der Waals surface area contributed by atoms with Crippen molar-refractivity contribution in [2.24, 2.45) is 0 Å². The molecule has 0 radical (unpaired) electrons. The number of morpholine rings is 1. The lowest BCUT2D eigenvalue weighted by Gasteiger charge is -2.39. The Labute approximate surface area is 868 Å². The van der Waals surface area contributed by atoms with Crippen molar-refractivity contribution in [1.29, 1.82) is 0 Å². The zero-order chi connectivity index (χ0) is 103. The first-order valence-corrected chi connectivity index (χ1v) is 52.9. The van der Waals surface area contributed by atoms with Crippen LogP contribution in [-0.4, -0.2) is 289 Å². The number of aliphatic hydroxyl groups excluding tert-OH is 2. The van der Waals surface area contributed by atoms with Gasteiger partial charge in [0.1, 0.15) is 56.7 Å². The Bertz CT molecular complexity index is 7010. The molecule has 43 heteroatoms. The zero-order valence-electron chi connectivity index (χ0n) is 83.8. The first-order chi connectivity index (χ1) is 73.5. The fourth-order valence-corrected chi connectivity index (χ4v) is 18.7. The standard InChI is InChI=1S/C27H28FN9.C27H30N8O3.C27H31N8OP.C26H31N11O/c28-24-4-2-1-3-21(24)13-19-15-30-26(31-16-19)36-9-11-37(12-10-36)27-33-18-32-25(35-27)34-23-6-5-20-7-8-29-17-22(20)14-23;36-17-23(37)18-38-24-8-6-22(7-9-24)32-25-30-19-31-27(33-25)35-12-10-34(11-13-35)26-28-15-21(16-29-26)14-20-4-2-1-3-5-20;1-20-18-34(13-14-35(20)26-28-16-22(17-29-26)15-21-7-5-4-6-8-21)27-31-19-30-25(33-27)32-23-9-11-24(12-10-23)37(2,3)36;1-2-4-20(5-3-1)12-21-13-28-25(29-14-21)35-7-9-36(10-8-35)26-31-19-30-24(34-26)33-22-15-32-37(16-22)17-23-18-38-11-6-27-23/h1-6,14-16,18,29H,7-13,17H2,(H,32,33,34,35);1-9,15-16,19,23,36-37H,10-14,17-18H2,(H,30,31,32,33);4-12,16-17,19-20H,13-15,18H2,1-3H3,(H,30,31,32,33);1-5,13-16,19,23,27H,6-12,17-18H2,(H,30,31,33,34)/t;23-;20-;23-/m.111/s1. The lowest BCUT2D eigenvalue weighted by Crippen LogP contribution is -2.53. The number of rotatable bonds is 31. The van der Waals surface area contributed by atoms with Crippen LogP contribution in [0, 0.1) is 5.82 Å². The molecule has 6 aliphatic heterocycles. The van der Waals surface area contributed by atoms with Crippen LogP contribution in [-0.2, 0) is 54.5 Å². The number of ether oxygens (including phenoxy) is 2. The van der Waals surface area contributed by atoms with Gasteiger partial charge in [0.05, 0.1) is 44.3 Å². The van der Waals surface area contributed by atoms with E-state index in [0.717, 1.165) is 225 Å². The molecule has 7 aromatic carbocycles. The molecule has 5 saturated heterocycles. The molecule has 0 bridgehead atoms. The average Bonchev–Trinajstić information content (AvgIpc) is 1.07. The fraction of sp³-hybridized carbons (Fsp3) is 0.318. The third-order valence-corrected chi connectivity index (χ3v) is 27.5. The highest BCUT2D eigenvalue weighted by Gasteiger charge is 2.31. The summed E-state index contributed by atoms with van der Waals surface area (Å²) in [4.78, 5) is 107. The summed E-state index contributed by atoms with van der Waals surface area (Å²) < 4.78 is 39.1. The van der Waals surface area contributed by atoms with Crippen molar-refractivity contribution in [3.63, 3.8) is 0 Å². The first kappa shape index (κ1) is 102. The summed E-state index contributed by atoms with van der Waals surface area (Å²) >= 11 is 0. The van der Waals surface area contributed by atoms with Gasteiger partial charge in [-0.3, -0.25) is 4.68 Å². The van der Waals surface area contributed by atoms with Crippen molar-refractivity contribution in [3.8, 4) is 5.75 Å². The molecular formula is C107H120FN36O5P. The van der Waals surface area contributed by atoms with Crippen LogP contribution in [0.5, 0.6) is 5.75 Å². The molecule has 6 aliphatic rings. The summed E-state index contributed by atoms with van der Waals surface area (Å²) in [7, 11) is -2.29. The second-order valence-corrected chi connectivity index (χ2v) is 40.5. The zero-order valence-corrected chi connectivity index (χ0v) is 84.7. The van der Waals surface area contributed by atoms with Crippen molar-refractivity contribution >= 4 is 107 Å². The van der Waals surface area contributed by atoms with E-state index in [1.54, 1.807) is 68.8 Å². The fourth-order valence-electron chi connectivity index (χ4n) is 17.9. The summed E-state index contributed by atoms with van der Waals surface area (Å²) in [5.41, 5.74) is 14.7. The van der Waals surface area contributed by atoms with E-state index in [2.05, 4.69) is 250 Å². The number of benzene rings is 7. The Morgan fingerprint density at radius 1 is 0.427 bits per heavy atom. The number of hydrogen-bond acceptors (Lipinski definition) is 40. The molecule has 16 aromatic rings. The molecular weight excluding hydrogens is 1920 g/mol. The second kappa shape index (κ2) is 50.2. The van der Waals surface area contributed by atoms with Gasteiger partial charge in [-0.15, -0.1) is 0 Å². The Morgan fingerprint density at radius 2 is 0.833 bits per heavy atom. The van der Waals surface area contributed by atoms with Crippen molar-refractivity contribution in [2.75, 3.05) is 211 Å². The monoisotopic (exact) mass is 2040 g/mol. The van der Waals surface area contributed by atoms with E-state index in [1.807, 2.05) is 133 Å². The van der Waals surface area contributed by atoms with Crippen LogP contribution in [0.4, 0.5) is 98.5 Å². The molecule has 5 fully saturated rings. The van der Waals surface area contributed by atoms with E-state index in [1.165, 1.54) is 46.5 Å². The minimum absolute atomic E-state index is 0.0268. The normalized spacial score (nSPS) is 15.9. The number of nitrogens with zero attached hydrogens (tertiary/aromatic N) is 30. The number of aliphatic hydroxyl groups is 2. The minimum atomic E-state index is -2.29. The van der Waals surface area contributed by atoms with Crippen LogP contribution in [0.1, 0.15) is 62.6 Å². The van der Waals surface area contributed by atoms with Crippen molar-refractivity contribution in [1.82, 2.24) is 120 Å². The number of aromatic nitrogens is 22. The first-order valence-electron chi connectivity index (χ1n) is 50.3. The summed E-state index contributed by atoms with van der Waals surface area (Å²) in [5, 5.41) is 43.4. The Hall–Kier alpha value is -16.5. The summed E-state index contributed by atoms with van der Waals surface area (Å²) in [6.45, 7) is 21.7. The molecule has 22 rings (SSSR count). The third kappa shape index (κ3) is 28.7. The van der Waals surface area contributed by atoms with Crippen molar-refractivity contribution in [2.45, 2.75) is 70.3 Å². The van der Waals surface area contributed by atoms with E-state index in [0.29, 0.717) is 77.9 Å². The molecule has 9 aromatic heterocycles. The SMILES string of the molecule is C[C@@H]1CN(c2ncnc(Nc3ccc(P(C)(C)=O)cc3)n2)CCN1c1ncc(Cc2ccccc2)cn1.Fc1ccccc1Cc1cnc(N2CCN(c3ncnc(Nc4ccc5c(c4)CNCC5)n3)CC2)nc1.OC[C@@H](O)COc1ccc(Nc2ncnc(N3CCN(c4ncc(Cc5ccccc5)cn4)CC3)n2)cc1.c1ccc(Cc2cnc(N3CCN(c4ncnc(Nc5cnn(C[C@@H]6COCCN6)c5)n4)CC3)nc2)cc1. The van der Waals surface area contributed by atoms with Crippen molar-refractivity contribution in [3.05, 3.63) is 331 Å². The molecule has 0 amide bonds. The molecule has 41 nitrogen and oxygen atoms in total. The molecule has 0 saturated carbocycles. The van der Waals surface area contributed by atoms with Gasteiger partial charge in [0.15, 0.2) is 0 Å². The maximum Gasteiger partial charge on any atom is 0.232 e. The van der Waals surface area contributed by atoms with Crippen LogP contribution in [0.25, 0.3) is 0 Å². The number of anilines is 16.